The van der Waals surface area contributed by atoms with Gasteiger partial charge in [-0.3, -0.25) is 4.79 Å². The molecule has 0 atom stereocenters. The molecule has 1 heterocycles. The Morgan fingerprint density at radius 1 is 1.17 bits per heavy atom. The summed E-state index contributed by atoms with van der Waals surface area (Å²) in [6, 6.07) is 8.92. The molecular formula is C17H15ClFNO3S. The quantitative estimate of drug-likeness (QED) is 0.815. The Kier molecular flexibility index (Phi) is 4.46. The van der Waals surface area contributed by atoms with Crippen LogP contribution in [0.5, 0.6) is 0 Å². The van der Waals surface area contributed by atoms with E-state index in [2.05, 4.69) is 0 Å². The number of fused-ring (bicyclic) bond motifs is 1. The van der Waals surface area contributed by atoms with Crippen molar-refractivity contribution < 1.29 is 17.6 Å². The summed E-state index contributed by atoms with van der Waals surface area (Å²) in [4.78, 5) is 12.4. The Morgan fingerprint density at radius 2 is 1.83 bits per heavy atom. The summed E-state index contributed by atoms with van der Waals surface area (Å²) in [5.74, 6) is -0.971. The van der Waals surface area contributed by atoms with Crippen molar-refractivity contribution >= 4 is 27.4 Å². The standard InChI is InChI=1S/C17H15ClFNO3S/c1-11-2-4-13(5-3-11)24(22,23)20-7-6-17(21)14-9-16(19)15(18)8-12(14)10-20/h2-5,8-9H,6-7,10H2,1H3. The molecule has 0 aliphatic carbocycles. The van der Waals surface area contributed by atoms with E-state index in [1.165, 1.54) is 22.5 Å². The molecule has 2 aromatic rings. The van der Waals surface area contributed by atoms with Gasteiger partial charge >= 0.3 is 0 Å². The summed E-state index contributed by atoms with van der Waals surface area (Å²) in [6.45, 7) is 1.90. The average molecular weight is 368 g/mol. The summed E-state index contributed by atoms with van der Waals surface area (Å²) in [5.41, 5.74) is 1.56. The second-order valence-corrected chi connectivity index (χ2v) is 8.09. The van der Waals surface area contributed by atoms with Crippen LogP contribution >= 0.6 is 11.6 Å². The van der Waals surface area contributed by atoms with Crippen LogP contribution < -0.4 is 0 Å². The van der Waals surface area contributed by atoms with E-state index in [4.69, 9.17) is 11.6 Å². The van der Waals surface area contributed by atoms with Crippen molar-refractivity contribution in [1.29, 1.82) is 0 Å². The maximum atomic E-state index is 13.6. The fourth-order valence-electron chi connectivity index (χ4n) is 2.67. The van der Waals surface area contributed by atoms with Gasteiger partial charge in [-0.05, 0) is 36.8 Å². The van der Waals surface area contributed by atoms with Gasteiger partial charge in [-0.1, -0.05) is 29.3 Å². The molecule has 0 saturated heterocycles. The predicted molar refractivity (Wildman–Crippen MR) is 89.1 cm³/mol. The molecule has 0 bridgehead atoms. The van der Waals surface area contributed by atoms with Crippen LogP contribution in [0.15, 0.2) is 41.3 Å². The second kappa shape index (κ2) is 6.27. The number of halogens is 2. The van der Waals surface area contributed by atoms with Crippen LogP contribution in [0.25, 0.3) is 0 Å². The number of nitrogens with zero attached hydrogens (tertiary/aromatic N) is 1. The molecule has 7 heteroatoms. The molecule has 4 nitrogen and oxygen atoms in total. The smallest absolute Gasteiger partial charge is 0.243 e. The zero-order valence-electron chi connectivity index (χ0n) is 12.9. The van der Waals surface area contributed by atoms with Crippen molar-refractivity contribution in [1.82, 2.24) is 4.31 Å². The first kappa shape index (κ1) is 17.1. The van der Waals surface area contributed by atoms with Gasteiger partial charge in [0.1, 0.15) is 5.82 Å². The number of sulfonamides is 1. The first-order valence-corrected chi connectivity index (χ1v) is 9.19. The summed E-state index contributed by atoms with van der Waals surface area (Å²) >= 11 is 5.79. The lowest BCUT2D eigenvalue weighted by atomic mass is 10.0. The van der Waals surface area contributed by atoms with Crippen LogP contribution in [0.1, 0.15) is 27.9 Å². The van der Waals surface area contributed by atoms with Crippen LogP contribution in [0.3, 0.4) is 0 Å². The molecule has 2 aromatic carbocycles. The van der Waals surface area contributed by atoms with Crippen LogP contribution in [-0.4, -0.2) is 25.1 Å². The minimum Gasteiger partial charge on any atom is -0.294 e. The summed E-state index contributed by atoms with van der Waals surface area (Å²) < 4.78 is 40.5. The third kappa shape index (κ3) is 3.09. The van der Waals surface area contributed by atoms with E-state index in [-0.39, 0.29) is 40.8 Å². The Morgan fingerprint density at radius 3 is 2.50 bits per heavy atom. The Bertz CT molecular complexity index is 910. The Balaban J connectivity index is 2.02. The van der Waals surface area contributed by atoms with Crippen molar-refractivity contribution in [2.45, 2.75) is 24.8 Å². The summed E-state index contributed by atoms with van der Waals surface area (Å²) in [7, 11) is -3.75. The zero-order chi connectivity index (χ0) is 17.5. The molecule has 1 aliphatic heterocycles. The lowest BCUT2D eigenvalue weighted by molar-refractivity contribution is 0.0981. The molecule has 126 valence electrons. The van der Waals surface area contributed by atoms with Crippen molar-refractivity contribution in [3.8, 4) is 0 Å². The van der Waals surface area contributed by atoms with Crippen molar-refractivity contribution in [2.24, 2.45) is 0 Å². The maximum Gasteiger partial charge on any atom is 0.243 e. The molecule has 0 saturated carbocycles. The summed E-state index contributed by atoms with van der Waals surface area (Å²) in [6.07, 6.45) is -0.000830. The van der Waals surface area contributed by atoms with Gasteiger partial charge in [-0.15, -0.1) is 0 Å². The predicted octanol–water partition coefficient (Wildman–Crippen LogP) is 3.56. The number of aryl methyl sites for hydroxylation is 1. The molecule has 0 radical (unpaired) electrons. The highest BCUT2D eigenvalue weighted by molar-refractivity contribution is 7.89. The number of Topliss-reactive ketones (excluding diaryl/α,β-unsaturated/α-hetero) is 1. The largest absolute Gasteiger partial charge is 0.294 e. The van der Waals surface area contributed by atoms with Crippen molar-refractivity contribution in [2.75, 3.05) is 6.54 Å². The fraction of sp³-hybridized carbons (Fsp3) is 0.235. The molecule has 0 unspecified atom stereocenters. The number of hydrogen-bond acceptors (Lipinski definition) is 3. The van der Waals surface area contributed by atoms with E-state index in [1.54, 1.807) is 12.1 Å². The maximum absolute atomic E-state index is 13.6. The molecule has 0 N–H and O–H groups in total. The Labute approximate surface area is 144 Å². The lowest BCUT2D eigenvalue weighted by Gasteiger charge is -2.20. The fourth-order valence-corrected chi connectivity index (χ4v) is 4.28. The molecule has 0 spiro atoms. The third-order valence-electron chi connectivity index (χ3n) is 4.04. The minimum absolute atomic E-state index is 0.000830. The number of hydrogen-bond donors (Lipinski definition) is 0. The molecule has 0 amide bonds. The second-order valence-electron chi connectivity index (χ2n) is 5.75. The van der Waals surface area contributed by atoms with E-state index in [9.17, 15) is 17.6 Å². The SMILES string of the molecule is Cc1ccc(S(=O)(=O)N2CCC(=O)c3cc(F)c(Cl)cc3C2)cc1. The highest BCUT2D eigenvalue weighted by atomic mass is 35.5. The molecule has 3 rings (SSSR count). The van der Waals surface area contributed by atoms with Crippen LogP contribution in [0, 0.1) is 12.7 Å². The van der Waals surface area contributed by atoms with Gasteiger partial charge in [0.15, 0.2) is 5.78 Å². The first-order chi connectivity index (χ1) is 11.3. The van der Waals surface area contributed by atoms with Gasteiger partial charge in [-0.25, -0.2) is 12.8 Å². The van der Waals surface area contributed by atoms with Gasteiger partial charge in [0.25, 0.3) is 0 Å². The van der Waals surface area contributed by atoms with Gasteiger partial charge in [0, 0.05) is 25.1 Å². The number of carbonyl (C=O) groups is 1. The average Bonchev–Trinajstić information content (AvgIpc) is 2.69. The molecular weight excluding hydrogens is 353 g/mol. The zero-order valence-corrected chi connectivity index (χ0v) is 14.5. The van der Waals surface area contributed by atoms with E-state index in [1.807, 2.05) is 6.92 Å². The minimum atomic E-state index is -3.75. The molecule has 24 heavy (non-hydrogen) atoms. The summed E-state index contributed by atoms with van der Waals surface area (Å²) in [5, 5.41) is -0.129. The third-order valence-corrected chi connectivity index (χ3v) is 6.19. The van der Waals surface area contributed by atoms with Gasteiger partial charge < -0.3 is 0 Å². The van der Waals surface area contributed by atoms with E-state index in [0.717, 1.165) is 11.6 Å². The molecule has 1 aliphatic rings. The van der Waals surface area contributed by atoms with Crippen molar-refractivity contribution in [3.05, 3.63) is 63.9 Å². The molecule has 0 fully saturated rings. The van der Waals surface area contributed by atoms with E-state index < -0.39 is 15.8 Å². The number of ketones is 1. The first-order valence-electron chi connectivity index (χ1n) is 7.37. The number of carbonyl (C=O) groups excluding carboxylic acids is 1. The van der Waals surface area contributed by atoms with Crippen molar-refractivity contribution in [3.63, 3.8) is 0 Å². The van der Waals surface area contributed by atoms with Crippen LogP contribution in [0.4, 0.5) is 4.39 Å². The van der Waals surface area contributed by atoms with Crippen LogP contribution in [0.2, 0.25) is 5.02 Å². The number of benzene rings is 2. The van der Waals surface area contributed by atoms with Gasteiger partial charge in [0.05, 0.1) is 9.92 Å². The molecule has 0 aromatic heterocycles. The van der Waals surface area contributed by atoms with Crippen LogP contribution in [-0.2, 0) is 16.6 Å². The topological polar surface area (TPSA) is 54.5 Å². The van der Waals surface area contributed by atoms with Gasteiger partial charge in [-0.2, -0.15) is 4.31 Å². The number of rotatable bonds is 2. The van der Waals surface area contributed by atoms with E-state index in [0.29, 0.717) is 5.56 Å². The monoisotopic (exact) mass is 367 g/mol. The van der Waals surface area contributed by atoms with Gasteiger partial charge in [0.2, 0.25) is 10.0 Å². The highest BCUT2D eigenvalue weighted by Gasteiger charge is 2.30. The lowest BCUT2D eigenvalue weighted by Crippen LogP contribution is -2.31. The normalized spacial score (nSPS) is 15.9. The Hall–Kier alpha value is -1.76. The highest BCUT2D eigenvalue weighted by Crippen LogP contribution is 2.28. The van der Waals surface area contributed by atoms with E-state index >= 15 is 0 Å².